The van der Waals surface area contributed by atoms with Crippen LogP contribution >= 0.6 is 15.9 Å². The third-order valence-corrected chi connectivity index (χ3v) is 3.84. The molecule has 3 heteroatoms. The first-order valence-corrected chi connectivity index (χ1v) is 7.26. The zero-order valence-electron chi connectivity index (χ0n) is 11.2. The van der Waals surface area contributed by atoms with Gasteiger partial charge in [-0.15, -0.1) is 0 Å². The van der Waals surface area contributed by atoms with Crippen molar-refractivity contribution in [1.82, 2.24) is 9.80 Å². The molecule has 1 aliphatic rings. The van der Waals surface area contributed by atoms with Crippen molar-refractivity contribution < 1.29 is 0 Å². The third-order valence-electron chi connectivity index (χ3n) is 3.31. The molecule has 1 aromatic carbocycles. The van der Waals surface area contributed by atoms with Gasteiger partial charge in [0.1, 0.15) is 0 Å². The number of halogens is 1. The van der Waals surface area contributed by atoms with Crippen LogP contribution in [-0.2, 0) is 0 Å². The lowest BCUT2D eigenvalue weighted by atomic mass is 10.0. The first-order chi connectivity index (χ1) is 8.65. The normalized spacial score (nSPS) is 17.0. The molecule has 18 heavy (non-hydrogen) atoms. The van der Waals surface area contributed by atoms with Gasteiger partial charge < -0.3 is 4.90 Å². The van der Waals surface area contributed by atoms with Crippen LogP contribution in [0.2, 0.25) is 0 Å². The fraction of sp³-hybridized carbons (Fsp3) is 0.467. The molecule has 0 radical (unpaired) electrons. The van der Waals surface area contributed by atoms with Gasteiger partial charge in [0.15, 0.2) is 0 Å². The summed E-state index contributed by atoms with van der Waals surface area (Å²) in [6.07, 6.45) is 3.55. The molecule has 0 saturated carbocycles. The largest absolute Gasteiger partial charge is 0.308 e. The number of hydrogen-bond donors (Lipinski definition) is 0. The molecule has 0 fully saturated rings. The zero-order chi connectivity index (χ0) is 13.0. The summed E-state index contributed by atoms with van der Waals surface area (Å²) in [6.45, 7) is 4.55. The molecule has 1 aromatic rings. The van der Waals surface area contributed by atoms with Crippen LogP contribution in [0.25, 0.3) is 5.57 Å². The van der Waals surface area contributed by atoms with E-state index < -0.39 is 0 Å². The molecule has 0 unspecified atom stereocenters. The van der Waals surface area contributed by atoms with Crippen molar-refractivity contribution >= 4 is 21.5 Å². The fourth-order valence-electron chi connectivity index (χ4n) is 2.21. The van der Waals surface area contributed by atoms with Crippen LogP contribution in [0.1, 0.15) is 12.0 Å². The predicted molar refractivity (Wildman–Crippen MR) is 81.7 cm³/mol. The highest BCUT2D eigenvalue weighted by molar-refractivity contribution is 9.10. The summed E-state index contributed by atoms with van der Waals surface area (Å²) < 4.78 is 1.15. The van der Waals surface area contributed by atoms with E-state index in [4.69, 9.17) is 0 Å². The van der Waals surface area contributed by atoms with Crippen molar-refractivity contribution in [2.24, 2.45) is 0 Å². The van der Waals surface area contributed by atoms with E-state index in [1.807, 2.05) is 0 Å². The second-order valence-electron chi connectivity index (χ2n) is 5.10. The molecule has 1 heterocycles. The second kappa shape index (κ2) is 6.50. The Kier molecular flexibility index (Phi) is 4.98. The van der Waals surface area contributed by atoms with Crippen LogP contribution in [0.4, 0.5) is 0 Å². The smallest absolute Gasteiger partial charge is 0.0237 e. The molecule has 2 nitrogen and oxygen atoms in total. The van der Waals surface area contributed by atoms with Crippen LogP contribution in [-0.4, -0.2) is 50.1 Å². The molecular weight excluding hydrogens is 288 g/mol. The highest BCUT2D eigenvalue weighted by atomic mass is 79.9. The van der Waals surface area contributed by atoms with Crippen molar-refractivity contribution in [3.63, 3.8) is 0 Å². The lowest BCUT2D eigenvalue weighted by Crippen LogP contribution is -2.35. The van der Waals surface area contributed by atoms with Gasteiger partial charge in [-0.3, -0.25) is 4.90 Å². The van der Waals surface area contributed by atoms with Gasteiger partial charge in [-0.25, -0.2) is 0 Å². The number of nitrogens with zero attached hydrogens (tertiary/aromatic N) is 2. The molecule has 98 valence electrons. The first kappa shape index (κ1) is 13.8. The Hall–Kier alpha value is -0.640. The molecule has 2 rings (SSSR count). The summed E-state index contributed by atoms with van der Waals surface area (Å²) >= 11 is 3.49. The van der Waals surface area contributed by atoms with Crippen molar-refractivity contribution in [3.05, 3.63) is 40.4 Å². The molecule has 1 aliphatic heterocycles. The average Bonchev–Trinajstić information content (AvgIpc) is 2.37. The van der Waals surface area contributed by atoms with Crippen molar-refractivity contribution in [3.8, 4) is 0 Å². The Labute approximate surface area is 118 Å². The number of rotatable bonds is 4. The minimum Gasteiger partial charge on any atom is -0.308 e. The Morgan fingerprint density at radius 3 is 2.61 bits per heavy atom. The zero-order valence-corrected chi connectivity index (χ0v) is 12.8. The molecule has 0 aliphatic carbocycles. The average molecular weight is 309 g/mol. The Bertz CT molecular complexity index is 409. The lowest BCUT2D eigenvalue weighted by molar-refractivity contribution is 0.262. The molecule has 0 spiro atoms. The first-order valence-electron chi connectivity index (χ1n) is 6.47. The number of benzene rings is 1. The molecule has 0 atom stereocenters. The minimum absolute atomic E-state index is 1.08. The summed E-state index contributed by atoms with van der Waals surface area (Å²) in [6, 6.07) is 8.64. The summed E-state index contributed by atoms with van der Waals surface area (Å²) in [7, 11) is 4.27. The molecular formula is C15H21BrN2. The summed E-state index contributed by atoms with van der Waals surface area (Å²) in [5, 5.41) is 0. The highest BCUT2D eigenvalue weighted by Gasteiger charge is 2.13. The minimum atomic E-state index is 1.08. The maximum absolute atomic E-state index is 3.49. The van der Waals surface area contributed by atoms with Gasteiger partial charge in [-0.2, -0.15) is 0 Å². The van der Waals surface area contributed by atoms with Gasteiger partial charge in [0.05, 0.1) is 0 Å². The van der Waals surface area contributed by atoms with Gasteiger partial charge >= 0.3 is 0 Å². The van der Waals surface area contributed by atoms with E-state index >= 15 is 0 Å². The number of likely N-dealkylation sites (N-methyl/N-ethyl adjacent to an activating group) is 1. The van der Waals surface area contributed by atoms with Gasteiger partial charge in [-0.1, -0.05) is 34.1 Å². The third kappa shape index (κ3) is 3.94. The van der Waals surface area contributed by atoms with Gasteiger partial charge in [0.2, 0.25) is 0 Å². The molecule has 0 saturated heterocycles. The van der Waals surface area contributed by atoms with E-state index in [2.05, 4.69) is 70.2 Å². The SMILES string of the molecule is CN(C)CCN1CCC=C(c2ccc(Br)cc2)C1. The maximum Gasteiger partial charge on any atom is 0.0237 e. The van der Waals surface area contributed by atoms with E-state index in [0.717, 1.165) is 24.1 Å². The van der Waals surface area contributed by atoms with Crippen molar-refractivity contribution in [1.29, 1.82) is 0 Å². The Morgan fingerprint density at radius 1 is 1.22 bits per heavy atom. The summed E-state index contributed by atoms with van der Waals surface area (Å²) in [4.78, 5) is 4.79. The van der Waals surface area contributed by atoms with Crippen LogP contribution in [0.15, 0.2) is 34.8 Å². The van der Waals surface area contributed by atoms with Crippen molar-refractivity contribution in [2.45, 2.75) is 6.42 Å². The fourth-order valence-corrected chi connectivity index (χ4v) is 2.48. The van der Waals surface area contributed by atoms with Crippen LogP contribution < -0.4 is 0 Å². The van der Waals surface area contributed by atoms with Gasteiger partial charge in [0, 0.05) is 30.7 Å². The molecule has 0 amide bonds. The van der Waals surface area contributed by atoms with E-state index in [-0.39, 0.29) is 0 Å². The quantitative estimate of drug-likeness (QED) is 0.843. The maximum atomic E-state index is 3.49. The predicted octanol–water partition coefficient (Wildman–Crippen LogP) is 3.10. The monoisotopic (exact) mass is 308 g/mol. The van der Waals surface area contributed by atoms with E-state index in [1.165, 1.54) is 24.1 Å². The van der Waals surface area contributed by atoms with Gasteiger partial charge in [0.25, 0.3) is 0 Å². The molecule has 0 bridgehead atoms. The van der Waals surface area contributed by atoms with Gasteiger partial charge in [-0.05, 0) is 43.8 Å². The summed E-state index contributed by atoms with van der Waals surface area (Å²) in [5.74, 6) is 0. The Balaban J connectivity index is 1.98. The second-order valence-corrected chi connectivity index (χ2v) is 6.02. The van der Waals surface area contributed by atoms with E-state index in [0.29, 0.717) is 0 Å². The van der Waals surface area contributed by atoms with E-state index in [9.17, 15) is 0 Å². The van der Waals surface area contributed by atoms with Crippen LogP contribution in [0.5, 0.6) is 0 Å². The topological polar surface area (TPSA) is 6.48 Å². The van der Waals surface area contributed by atoms with E-state index in [1.54, 1.807) is 0 Å². The standard InChI is InChI=1S/C15H21BrN2/c1-17(2)10-11-18-9-3-4-14(12-18)13-5-7-15(16)8-6-13/h4-8H,3,9-12H2,1-2H3. The lowest BCUT2D eigenvalue weighted by Gasteiger charge is -2.28. The molecule has 0 aromatic heterocycles. The number of hydrogen-bond acceptors (Lipinski definition) is 2. The van der Waals surface area contributed by atoms with Crippen molar-refractivity contribution in [2.75, 3.05) is 40.3 Å². The molecule has 0 N–H and O–H groups in total. The van der Waals surface area contributed by atoms with Crippen LogP contribution in [0, 0.1) is 0 Å². The Morgan fingerprint density at radius 2 is 1.94 bits per heavy atom. The van der Waals surface area contributed by atoms with Crippen LogP contribution in [0.3, 0.4) is 0 Å². The highest BCUT2D eigenvalue weighted by Crippen LogP contribution is 2.22. The summed E-state index contributed by atoms with van der Waals surface area (Å²) in [5.41, 5.74) is 2.82.